The molecule has 3 rings (SSSR count). The zero-order chi connectivity index (χ0) is 19.7. The van der Waals surface area contributed by atoms with Crippen LogP contribution in [0.4, 0.5) is 4.79 Å². The number of ether oxygens (including phenoxy) is 1. The number of benzene rings is 2. The third kappa shape index (κ3) is 4.10. The number of rotatable bonds is 3. The Morgan fingerprint density at radius 2 is 1.85 bits per heavy atom. The van der Waals surface area contributed by atoms with Crippen LogP contribution in [0.5, 0.6) is 5.75 Å². The predicted molar refractivity (Wildman–Crippen MR) is 106 cm³/mol. The average Bonchev–Trinajstić information content (AvgIpc) is 2.61. The van der Waals surface area contributed by atoms with Crippen molar-refractivity contribution in [2.45, 2.75) is 13.3 Å². The Bertz CT molecular complexity index is 1090. The number of halogens is 2. The Morgan fingerprint density at radius 1 is 1.11 bits per heavy atom. The maximum atomic E-state index is 12.5. The molecule has 27 heavy (non-hydrogen) atoms. The molecule has 3 aromatic rings. The van der Waals surface area contributed by atoms with Gasteiger partial charge in [0.05, 0.1) is 10.0 Å². The van der Waals surface area contributed by atoms with E-state index in [0.29, 0.717) is 33.4 Å². The van der Waals surface area contributed by atoms with Gasteiger partial charge in [-0.15, -0.1) is 0 Å². The minimum atomic E-state index is -0.510. The number of carbonyl (C=O) groups is 1. The molecule has 0 saturated heterocycles. The van der Waals surface area contributed by atoms with Gasteiger partial charge in [-0.2, -0.15) is 0 Å². The van der Waals surface area contributed by atoms with E-state index in [1.807, 2.05) is 13.0 Å². The van der Waals surface area contributed by atoms with E-state index in [1.165, 1.54) is 11.0 Å². The van der Waals surface area contributed by atoms with Crippen molar-refractivity contribution in [3.63, 3.8) is 0 Å². The van der Waals surface area contributed by atoms with Gasteiger partial charge in [-0.05, 0) is 42.3 Å². The lowest BCUT2D eigenvalue weighted by Crippen LogP contribution is -2.25. The van der Waals surface area contributed by atoms with Crippen molar-refractivity contribution in [3.05, 3.63) is 73.6 Å². The minimum absolute atomic E-state index is 0.306. The van der Waals surface area contributed by atoms with Gasteiger partial charge in [0, 0.05) is 37.5 Å². The third-order valence-corrected chi connectivity index (χ3v) is 4.93. The van der Waals surface area contributed by atoms with Gasteiger partial charge in [-0.25, -0.2) is 9.59 Å². The molecule has 2 aromatic carbocycles. The fraction of sp³-hybridized carbons (Fsp3) is 0.200. The van der Waals surface area contributed by atoms with E-state index in [2.05, 4.69) is 0 Å². The minimum Gasteiger partial charge on any atom is -0.422 e. The highest BCUT2D eigenvalue weighted by Gasteiger charge is 2.14. The molecule has 0 saturated carbocycles. The zero-order valence-electron chi connectivity index (χ0n) is 15.0. The molecule has 0 aliphatic rings. The van der Waals surface area contributed by atoms with E-state index in [1.54, 1.807) is 38.4 Å². The number of amides is 1. The largest absolute Gasteiger partial charge is 0.422 e. The van der Waals surface area contributed by atoms with Crippen LogP contribution in [0.2, 0.25) is 10.0 Å². The molecule has 140 valence electrons. The molecule has 7 heteroatoms. The van der Waals surface area contributed by atoms with Gasteiger partial charge < -0.3 is 14.1 Å². The van der Waals surface area contributed by atoms with Crippen molar-refractivity contribution in [1.29, 1.82) is 0 Å². The number of carbonyl (C=O) groups excluding carboxylic acids is 1. The Morgan fingerprint density at radius 3 is 2.52 bits per heavy atom. The Labute approximate surface area is 166 Å². The zero-order valence-corrected chi connectivity index (χ0v) is 16.5. The summed E-state index contributed by atoms with van der Waals surface area (Å²) in [7, 11) is 3.17. The van der Waals surface area contributed by atoms with Crippen LogP contribution >= 0.6 is 23.2 Å². The van der Waals surface area contributed by atoms with E-state index >= 15 is 0 Å². The number of aryl methyl sites for hydroxylation is 1. The molecular weight excluding hydrogens is 389 g/mol. The molecule has 0 unspecified atom stereocenters. The third-order valence-electron chi connectivity index (χ3n) is 4.19. The van der Waals surface area contributed by atoms with Crippen LogP contribution in [-0.2, 0) is 6.42 Å². The first-order chi connectivity index (χ1) is 12.8. The first kappa shape index (κ1) is 19.3. The predicted octanol–water partition coefficient (Wildman–Crippen LogP) is 5.06. The first-order valence-electron chi connectivity index (χ1n) is 8.15. The van der Waals surface area contributed by atoms with Gasteiger partial charge >= 0.3 is 11.7 Å². The molecule has 0 aliphatic heterocycles. The molecule has 5 nitrogen and oxygen atoms in total. The van der Waals surface area contributed by atoms with Crippen LogP contribution in [0.1, 0.15) is 16.7 Å². The lowest BCUT2D eigenvalue weighted by molar-refractivity contribution is 0.172. The maximum Gasteiger partial charge on any atom is 0.414 e. The second-order valence-electron chi connectivity index (χ2n) is 6.34. The SMILES string of the molecule is Cc1c(Cc2ccc(Cl)c(Cl)c2)c(=O)oc2cc(OC(=O)N(C)C)ccc12. The molecule has 0 atom stereocenters. The van der Waals surface area contributed by atoms with Crippen molar-refractivity contribution in [1.82, 2.24) is 4.90 Å². The first-order valence-corrected chi connectivity index (χ1v) is 8.91. The van der Waals surface area contributed by atoms with E-state index in [9.17, 15) is 9.59 Å². The Hall–Kier alpha value is -2.50. The lowest BCUT2D eigenvalue weighted by atomic mass is 9.99. The quantitative estimate of drug-likeness (QED) is 0.571. The summed E-state index contributed by atoms with van der Waals surface area (Å²) in [5.41, 5.74) is 2.12. The topological polar surface area (TPSA) is 59.8 Å². The second kappa shape index (κ2) is 7.62. The molecule has 0 N–H and O–H groups in total. The number of fused-ring (bicyclic) bond motifs is 1. The summed E-state index contributed by atoms with van der Waals surface area (Å²) >= 11 is 12.0. The monoisotopic (exact) mass is 405 g/mol. The van der Waals surface area contributed by atoms with Crippen LogP contribution in [0.15, 0.2) is 45.6 Å². The summed E-state index contributed by atoms with van der Waals surface area (Å²) in [6.07, 6.45) is -0.136. The Kier molecular flexibility index (Phi) is 5.44. The van der Waals surface area contributed by atoms with Crippen LogP contribution in [0.3, 0.4) is 0 Å². The van der Waals surface area contributed by atoms with Crippen molar-refractivity contribution >= 4 is 40.3 Å². The van der Waals surface area contributed by atoms with Gasteiger partial charge in [0.1, 0.15) is 11.3 Å². The fourth-order valence-electron chi connectivity index (χ4n) is 2.69. The molecule has 0 bridgehead atoms. The molecule has 0 fully saturated rings. The van der Waals surface area contributed by atoms with Crippen LogP contribution in [0, 0.1) is 6.92 Å². The van der Waals surface area contributed by atoms with Crippen LogP contribution in [-0.4, -0.2) is 25.1 Å². The normalized spacial score (nSPS) is 10.9. The number of hydrogen-bond acceptors (Lipinski definition) is 4. The lowest BCUT2D eigenvalue weighted by Gasteiger charge is -2.12. The molecular formula is C20H17Cl2NO4. The van der Waals surface area contributed by atoms with Crippen molar-refractivity contribution < 1.29 is 13.9 Å². The smallest absolute Gasteiger partial charge is 0.414 e. The molecule has 1 amide bonds. The van der Waals surface area contributed by atoms with Gasteiger partial charge in [0.15, 0.2) is 0 Å². The molecule has 1 aromatic heterocycles. The molecule has 0 spiro atoms. The van der Waals surface area contributed by atoms with E-state index in [0.717, 1.165) is 16.5 Å². The van der Waals surface area contributed by atoms with Crippen LogP contribution < -0.4 is 10.4 Å². The van der Waals surface area contributed by atoms with Gasteiger partial charge in [-0.3, -0.25) is 0 Å². The van der Waals surface area contributed by atoms with Crippen molar-refractivity contribution in [2.75, 3.05) is 14.1 Å². The summed E-state index contributed by atoms with van der Waals surface area (Å²) in [6.45, 7) is 1.86. The van der Waals surface area contributed by atoms with Crippen LogP contribution in [0.25, 0.3) is 11.0 Å². The maximum absolute atomic E-state index is 12.5. The van der Waals surface area contributed by atoms with Crippen molar-refractivity contribution in [3.8, 4) is 5.75 Å². The molecule has 1 heterocycles. The summed E-state index contributed by atoms with van der Waals surface area (Å²) in [5, 5.41) is 1.67. The summed E-state index contributed by atoms with van der Waals surface area (Å²) < 4.78 is 10.7. The standard InChI is InChI=1S/C20H17Cl2NO4/c1-11-14-6-5-13(26-20(25)23(2)3)10-18(14)27-19(24)15(11)8-12-4-7-16(21)17(22)9-12/h4-7,9-10H,8H2,1-3H3. The van der Waals surface area contributed by atoms with Crippen molar-refractivity contribution in [2.24, 2.45) is 0 Å². The Balaban J connectivity index is 1.99. The fourth-order valence-corrected chi connectivity index (χ4v) is 3.01. The molecule has 0 radical (unpaired) electrons. The summed E-state index contributed by atoms with van der Waals surface area (Å²) in [5.74, 6) is 0.306. The average molecular weight is 406 g/mol. The van der Waals surface area contributed by atoms with Gasteiger partial charge in [0.25, 0.3) is 0 Å². The number of nitrogens with zero attached hydrogens (tertiary/aromatic N) is 1. The van der Waals surface area contributed by atoms with E-state index in [4.69, 9.17) is 32.4 Å². The van der Waals surface area contributed by atoms with Gasteiger partial charge in [-0.1, -0.05) is 29.3 Å². The van der Waals surface area contributed by atoms with Gasteiger partial charge in [0.2, 0.25) is 0 Å². The highest BCUT2D eigenvalue weighted by molar-refractivity contribution is 6.42. The highest BCUT2D eigenvalue weighted by Crippen LogP contribution is 2.27. The number of hydrogen-bond donors (Lipinski definition) is 0. The highest BCUT2D eigenvalue weighted by atomic mass is 35.5. The van der Waals surface area contributed by atoms with E-state index in [-0.39, 0.29) is 0 Å². The summed E-state index contributed by atoms with van der Waals surface area (Å²) in [4.78, 5) is 25.5. The second-order valence-corrected chi connectivity index (χ2v) is 7.15. The van der Waals surface area contributed by atoms with E-state index < -0.39 is 11.7 Å². The summed E-state index contributed by atoms with van der Waals surface area (Å²) in [6, 6.07) is 10.2. The molecule has 0 aliphatic carbocycles.